The van der Waals surface area contributed by atoms with Gasteiger partial charge in [0.1, 0.15) is 30.4 Å². The summed E-state index contributed by atoms with van der Waals surface area (Å²) in [6.45, 7) is 0.280. The topological polar surface area (TPSA) is 339 Å². The Balaban J connectivity index is 1.17. The van der Waals surface area contributed by atoms with Gasteiger partial charge in [-0.3, -0.25) is 28.4 Å². The van der Waals surface area contributed by atoms with Crippen LogP contribution in [0.15, 0.2) is 19.4 Å². The quantitative estimate of drug-likeness (QED) is 0.131. The molecule has 3 aromatic heterocycles. The van der Waals surface area contributed by atoms with Crippen LogP contribution >= 0.6 is 15.4 Å². The summed E-state index contributed by atoms with van der Waals surface area (Å²) in [5, 5.41) is 12.7. The Hall–Kier alpha value is -3.63. The van der Waals surface area contributed by atoms with Crippen LogP contribution < -0.4 is 33.7 Å². The molecule has 0 aliphatic carbocycles. The number of nitrogens with one attached hydrogen (secondary N) is 4. The van der Waals surface area contributed by atoms with Crippen LogP contribution in [-0.4, -0.2) is 87.6 Å². The highest BCUT2D eigenvalue weighted by molar-refractivity contribution is 7.52. The standard InChI is InChI=1S/C22H30N10O13P2/c1-22-3-11(32-15-13(26-21(32)36)17(34)30-19(24)28-15)44-9(22)5-42-47(39,40)45-7-2-10(43-8(7)4-41-46(37,38)6-22)31-14-12(25-20(31)35)16(33)29-18(23)27-14/h7-11,16,33H,2-6H2,1H3,(H,25,35)(H,26,36)(H,37,38)(H,39,40)(H3,23,27,29)(H3,24,28,30,34)/t7-,8+,9+,10?,11?,16?,22+/m0/s1. The van der Waals surface area contributed by atoms with Gasteiger partial charge in [-0.2, -0.15) is 9.98 Å². The summed E-state index contributed by atoms with van der Waals surface area (Å²) in [6.07, 6.45) is -8.42. The summed E-state index contributed by atoms with van der Waals surface area (Å²) >= 11 is 0. The number of anilines is 1. The molecule has 7 rings (SSSR count). The molecule has 25 heteroatoms. The van der Waals surface area contributed by atoms with Crippen molar-refractivity contribution in [1.82, 2.24) is 34.4 Å². The SMILES string of the molecule is C[C@]12CC(n3c(=O)[nH]c4c(=O)[nH]c(N)nc43)O[C@@H]1COP(=O)(O)O[C@H]1CC(n3c4c([nH]c3=O)C(O)NC(N)=N4)O[C@@H]1COP(=O)(O)C2. The van der Waals surface area contributed by atoms with Gasteiger partial charge >= 0.3 is 26.8 Å². The first-order valence-corrected chi connectivity index (χ1v) is 17.3. The lowest BCUT2D eigenvalue weighted by Crippen LogP contribution is -2.37. The summed E-state index contributed by atoms with van der Waals surface area (Å²) in [5.74, 6) is -0.533. The fourth-order valence-electron chi connectivity index (χ4n) is 6.35. The number of nitrogens with zero attached hydrogens (tertiary/aromatic N) is 4. The van der Waals surface area contributed by atoms with Crippen LogP contribution in [0, 0.1) is 5.41 Å². The van der Waals surface area contributed by atoms with Crippen molar-refractivity contribution in [3.63, 3.8) is 0 Å². The number of phosphoric acid groups is 1. The van der Waals surface area contributed by atoms with Gasteiger partial charge in [0.05, 0.1) is 25.5 Å². The van der Waals surface area contributed by atoms with Crippen molar-refractivity contribution in [1.29, 1.82) is 0 Å². The third-order valence-electron chi connectivity index (χ3n) is 8.47. The third-order valence-corrected chi connectivity index (χ3v) is 11.2. The number of nitrogens with two attached hydrogens (primary N) is 2. The molecule has 4 aliphatic rings. The van der Waals surface area contributed by atoms with Gasteiger partial charge in [0.25, 0.3) is 5.56 Å². The molecule has 256 valence electrons. The molecule has 4 aliphatic heterocycles. The zero-order valence-corrected chi connectivity index (χ0v) is 26.1. The minimum atomic E-state index is -4.91. The third kappa shape index (κ3) is 5.67. The van der Waals surface area contributed by atoms with Crippen molar-refractivity contribution >= 4 is 44.3 Å². The second-order valence-corrected chi connectivity index (χ2v) is 15.1. The van der Waals surface area contributed by atoms with Gasteiger partial charge in [-0.15, -0.1) is 0 Å². The molecular weight excluding hydrogens is 674 g/mol. The minimum Gasteiger partial charge on any atom is -0.370 e. The van der Waals surface area contributed by atoms with E-state index in [0.717, 1.165) is 9.13 Å². The Bertz CT molecular complexity index is 2070. The lowest BCUT2D eigenvalue weighted by Gasteiger charge is -2.32. The van der Waals surface area contributed by atoms with Gasteiger partial charge in [0.15, 0.2) is 29.2 Å². The van der Waals surface area contributed by atoms with Crippen molar-refractivity contribution in [2.75, 3.05) is 25.1 Å². The van der Waals surface area contributed by atoms with E-state index in [-0.39, 0.29) is 47.4 Å². The van der Waals surface area contributed by atoms with Crippen LogP contribution in [-0.2, 0) is 32.2 Å². The lowest BCUT2D eigenvalue weighted by molar-refractivity contribution is -0.0572. The molecular formula is C22H30N10O13P2. The Morgan fingerprint density at radius 3 is 2.49 bits per heavy atom. The number of rotatable bonds is 2. The van der Waals surface area contributed by atoms with E-state index >= 15 is 0 Å². The number of nitrogen functional groups attached to an aromatic ring is 1. The first-order valence-electron chi connectivity index (χ1n) is 14.1. The molecule has 0 saturated carbocycles. The monoisotopic (exact) mass is 704 g/mol. The number of aliphatic hydroxyl groups excluding tert-OH is 1. The number of ether oxygens (including phenoxy) is 2. The van der Waals surface area contributed by atoms with Crippen LogP contribution in [0.1, 0.15) is 44.1 Å². The van der Waals surface area contributed by atoms with Crippen molar-refractivity contribution < 1.29 is 47.1 Å². The molecule has 23 nitrogen and oxygen atoms in total. The highest BCUT2D eigenvalue weighted by Gasteiger charge is 2.53. The number of aliphatic imine (C=N–C) groups is 1. The fourth-order valence-corrected chi connectivity index (χ4v) is 9.02. The first-order chi connectivity index (χ1) is 22.0. The zero-order chi connectivity index (χ0) is 33.6. The molecule has 47 heavy (non-hydrogen) atoms. The van der Waals surface area contributed by atoms with Gasteiger partial charge in [-0.25, -0.2) is 23.3 Å². The van der Waals surface area contributed by atoms with Gasteiger partial charge in [-0.05, 0) is 0 Å². The number of aromatic nitrogens is 6. The summed E-state index contributed by atoms with van der Waals surface area (Å²) < 4.78 is 56.9. The summed E-state index contributed by atoms with van der Waals surface area (Å²) in [7, 11) is -9.41. The molecule has 0 spiro atoms. The molecule has 0 amide bonds. The Kier molecular flexibility index (Phi) is 7.44. The van der Waals surface area contributed by atoms with E-state index in [0.29, 0.717) is 0 Å². The fraction of sp³-hybridized carbons (Fsp3) is 0.591. The predicted octanol–water partition coefficient (Wildman–Crippen LogP) is -1.98. The molecule has 3 fully saturated rings. The van der Waals surface area contributed by atoms with Crippen molar-refractivity contribution in [3.8, 4) is 0 Å². The summed E-state index contributed by atoms with van der Waals surface area (Å²) in [5.41, 5.74) is 7.49. The van der Waals surface area contributed by atoms with E-state index in [1.54, 1.807) is 6.92 Å². The number of H-pyrrole nitrogens is 3. The maximum Gasteiger partial charge on any atom is 0.472 e. The number of hydrogen-bond donors (Lipinski definition) is 9. The summed E-state index contributed by atoms with van der Waals surface area (Å²) in [4.78, 5) is 74.9. The molecule has 7 heterocycles. The number of imidazole rings is 2. The van der Waals surface area contributed by atoms with Crippen LogP contribution in [0.25, 0.3) is 11.2 Å². The van der Waals surface area contributed by atoms with Crippen molar-refractivity contribution in [2.45, 2.75) is 56.8 Å². The highest BCUT2D eigenvalue weighted by Crippen LogP contribution is 2.57. The van der Waals surface area contributed by atoms with E-state index in [4.69, 9.17) is 34.5 Å². The molecule has 0 radical (unpaired) electrons. The van der Waals surface area contributed by atoms with E-state index < -0.39 is 94.1 Å². The molecule has 3 saturated heterocycles. The van der Waals surface area contributed by atoms with E-state index in [2.05, 4.69) is 30.2 Å². The number of guanidine groups is 1. The predicted molar refractivity (Wildman–Crippen MR) is 156 cm³/mol. The van der Waals surface area contributed by atoms with Crippen LogP contribution in [0.4, 0.5) is 11.8 Å². The number of aliphatic hydroxyl groups is 1. The van der Waals surface area contributed by atoms with Gasteiger partial charge in [-0.1, -0.05) is 6.92 Å². The molecule has 0 bridgehead atoms. The zero-order valence-electron chi connectivity index (χ0n) is 24.3. The molecule has 3 aromatic rings. The largest absolute Gasteiger partial charge is 0.472 e. The summed E-state index contributed by atoms with van der Waals surface area (Å²) in [6, 6.07) is 0. The smallest absolute Gasteiger partial charge is 0.370 e. The Morgan fingerprint density at radius 1 is 0.979 bits per heavy atom. The normalized spacial score (nSPS) is 37.7. The lowest BCUT2D eigenvalue weighted by atomic mass is 9.85. The Morgan fingerprint density at radius 2 is 1.72 bits per heavy atom. The molecule has 11 N–H and O–H groups in total. The first kappa shape index (κ1) is 31.9. The maximum atomic E-state index is 13.5. The highest BCUT2D eigenvalue weighted by atomic mass is 31.2. The van der Waals surface area contributed by atoms with Gasteiger partial charge in [0, 0.05) is 18.3 Å². The van der Waals surface area contributed by atoms with Crippen molar-refractivity contribution in [3.05, 3.63) is 37.0 Å². The van der Waals surface area contributed by atoms with Gasteiger partial charge in [0.2, 0.25) is 5.95 Å². The number of phosphoric ester groups is 1. The second kappa shape index (κ2) is 11.0. The van der Waals surface area contributed by atoms with E-state index in [1.165, 1.54) is 0 Å². The van der Waals surface area contributed by atoms with Crippen LogP contribution in [0.3, 0.4) is 0 Å². The molecule has 9 atom stereocenters. The van der Waals surface area contributed by atoms with E-state index in [1.807, 2.05) is 0 Å². The maximum absolute atomic E-state index is 13.5. The van der Waals surface area contributed by atoms with Gasteiger partial charge < -0.3 is 50.7 Å². The number of hydrogen-bond acceptors (Lipinski definition) is 16. The minimum absolute atomic E-state index is 0.00841. The second-order valence-electron chi connectivity index (χ2n) is 11.8. The van der Waals surface area contributed by atoms with E-state index in [9.17, 15) is 38.4 Å². The number of fused-ring (bicyclic) bond motifs is 4. The average Bonchev–Trinajstić information content (AvgIpc) is 3.67. The Labute approximate surface area is 261 Å². The van der Waals surface area contributed by atoms with Crippen molar-refractivity contribution in [2.24, 2.45) is 16.1 Å². The van der Waals surface area contributed by atoms with Crippen LogP contribution in [0.5, 0.6) is 0 Å². The molecule has 0 aromatic carbocycles. The number of aromatic amines is 3. The average molecular weight is 704 g/mol. The van der Waals surface area contributed by atoms with Crippen LogP contribution in [0.2, 0.25) is 0 Å². The molecule has 5 unspecified atom stereocenters.